The van der Waals surface area contributed by atoms with Crippen molar-refractivity contribution in [2.45, 2.75) is 11.1 Å². The second-order valence-electron chi connectivity index (χ2n) is 3.11. The number of rotatable bonds is 1. The summed E-state index contributed by atoms with van der Waals surface area (Å²) in [4.78, 5) is 24.0. The molecule has 0 aromatic carbocycles. The molecule has 0 spiro atoms. The van der Waals surface area contributed by atoms with E-state index in [9.17, 15) is 9.59 Å². The Labute approximate surface area is 94.9 Å². The molecule has 0 unspecified atom stereocenters. The van der Waals surface area contributed by atoms with Crippen molar-refractivity contribution in [1.82, 2.24) is 0 Å². The van der Waals surface area contributed by atoms with Crippen molar-refractivity contribution in [3.63, 3.8) is 0 Å². The molecule has 1 amide bonds. The van der Waals surface area contributed by atoms with Crippen LogP contribution in [0.3, 0.4) is 0 Å². The summed E-state index contributed by atoms with van der Waals surface area (Å²) < 4.78 is 0.925. The summed E-state index contributed by atoms with van der Waals surface area (Å²) in [6.07, 6.45) is 0. The minimum absolute atomic E-state index is 0.0358. The van der Waals surface area contributed by atoms with E-state index in [2.05, 4.69) is 0 Å². The molecule has 1 aromatic rings. The van der Waals surface area contributed by atoms with Crippen LogP contribution in [0, 0.1) is 0 Å². The van der Waals surface area contributed by atoms with Gasteiger partial charge in [-0.25, -0.2) is 4.79 Å². The van der Waals surface area contributed by atoms with Crippen molar-refractivity contribution < 1.29 is 14.7 Å². The van der Waals surface area contributed by atoms with Crippen LogP contribution in [0.15, 0.2) is 10.3 Å². The normalized spacial score (nSPS) is 14.9. The Bertz CT molecular complexity index is 427. The molecule has 15 heavy (non-hydrogen) atoms. The van der Waals surface area contributed by atoms with Gasteiger partial charge >= 0.3 is 5.97 Å². The largest absolute Gasteiger partial charge is 0.477 e. The lowest BCUT2D eigenvalue weighted by atomic mass is 10.3. The lowest BCUT2D eigenvalue weighted by Gasteiger charge is -2.24. The zero-order valence-electron chi connectivity index (χ0n) is 8.02. The molecule has 2 heterocycles. The van der Waals surface area contributed by atoms with Gasteiger partial charge < -0.3 is 10.0 Å². The maximum Gasteiger partial charge on any atom is 0.345 e. The van der Waals surface area contributed by atoms with Crippen molar-refractivity contribution in [2.75, 3.05) is 17.2 Å². The first-order valence-corrected chi connectivity index (χ1v) is 6.18. The molecule has 0 fully saturated rings. The topological polar surface area (TPSA) is 57.6 Å². The number of carboxylic acids is 1. The number of thiophene rings is 1. The first kappa shape index (κ1) is 10.5. The number of amides is 1. The number of carbonyl (C=O) groups is 2. The molecule has 0 radical (unpaired) electrons. The Morgan fingerprint density at radius 3 is 2.87 bits per heavy atom. The van der Waals surface area contributed by atoms with Crippen LogP contribution in [0.5, 0.6) is 0 Å². The highest BCUT2D eigenvalue weighted by molar-refractivity contribution is 8.01. The van der Waals surface area contributed by atoms with Crippen LogP contribution in [0.4, 0.5) is 5.69 Å². The van der Waals surface area contributed by atoms with Crippen LogP contribution in [0.2, 0.25) is 0 Å². The Hall–Kier alpha value is -1.01. The molecule has 1 aliphatic heterocycles. The highest BCUT2D eigenvalue weighted by Crippen LogP contribution is 2.41. The van der Waals surface area contributed by atoms with E-state index in [-0.39, 0.29) is 5.91 Å². The standard InChI is InChI=1S/C9H9NO3S2/c1-5(11)10-2-3-14-9-6(10)4-7(15-9)8(12)13/h4H,2-3H2,1H3,(H,12,13). The second kappa shape index (κ2) is 3.86. The van der Waals surface area contributed by atoms with Crippen molar-refractivity contribution in [3.8, 4) is 0 Å². The molecule has 6 heteroatoms. The lowest BCUT2D eigenvalue weighted by molar-refractivity contribution is -0.116. The van der Waals surface area contributed by atoms with E-state index in [4.69, 9.17) is 5.11 Å². The number of nitrogens with zero attached hydrogens (tertiary/aromatic N) is 1. The summed E-state index contributed by atoms with van der Waals surface area (Å²) >= 11 is 2.84. The third-order valence-corrected chi connectivity index (χ3v) is 4.48. The number of anilines is 1. The highest BCUT2D eigenvalue weighted by atomic mass is 32.2. The Balaban J connectivity index is 2.43. The Morgan fingerprint density at radius 2 is 2.27 bits per heavy atom. The van der Waals surface area contributed by atoms with Crippen LogP contribution >= 0.6 is 23.1 Å². The number of fused-ring (bicyclic) bond motifs is 1. The molecule has 80 valence electrons. The van der Waals surface area contributed by atoms with Gasteiger partial charge in [-0.15, -0.1) is 23.1 Å². The van der Waals surface area contributed by atoms with E-state index < -0.39 is 5.97 Å². The van der Waals surface area contributed by atoms with Gasteiger partial charge in [-0.3, -0.25) is 4.79 Å². The van der Waals surface area contributed by atoms with Gasteiger partial charge in [0.25, 0.3) is 0 Å². The summed E-state index contributed by atoms with van der Waals surface area (Å²) in [6, 6.07) is 1.58. The van der Waals surface area contributed by atoms with E-state index in [0.29, 0.717) is 11.4 Å². The van der Waals surface area contributed by atoms with Gasteiger partial charge in [0.05, 0.1) is 9.90 Å². The molecule has 0 saturated heterocycles. The predicted octanol–water partition coefficient (Wildman–Crippen LogP) is 1.90. The van der Waals surface area contributed by atoms with Gasteiger partial charge in [-0.1, -0.05) is 0 Å². The van der Waals surface area contributed by atoms with Gasteiger partial charge in [0, 0.05) is 19.2 Å². The van der Waals surface area contributed by atoms with Gasteiger partial charge in [0.15, 0.2) is 0 Å². The van der Waals surface area contributed by atoms with Crippen molar-refractivity contribution in [2.24, 2.45) is 0 Å². The average Bonchev–Trinajstić information content (AvgIpc) is 2.60. The van der Waals surface area contributed by atoms with Crippen LogP contribution in [-0.2, 0) is 4.79 Å². The number of carbonyl (C=O) groups excluding carboxylic acids is 1. The quantitative estimate of drug-likeness (QED) is 0.818. The Kier molecular flexibility index (Phi) is 2.70. The molecule has 0 bridgehead atoms. The maximum atomic E-state index is 11.3. The zero-order chi connectivity index (χ0) is 11.0. The van der Waals surface area contributed by atoms with Crippen molar-refractivity contribution in [1.29, 1.82) is 0 Å². The molecule has 0 aliphatic carbocycles. The van der Waals surface area contributed by atoms with Crippen LogP contribution < -0.4 is 4.90 Å². The minimum Gasteiger partial charge on any atom is -0.477 e. The fourth-order valence-corrected chi connectivity index (χ4v) is 3.70. The summed E-state index contributed by atoms with van der Waals surface area (Å²) in [6.45, 7) is 2.15. The monoisotopic (exact) mass is 243 g/mol. The maximum absolute atomic E-state index is 11.3. The zero-order valence-corrected chi connectivity index (χ0v) is 9.65. The molecule has 1 aliphatic rings. The minimum atomic E-state index is -0.932. The molecular weight excluding hydrogens is 234 g/mol. The fraction of sp³-hybridized carbons (Fsp3) is 0.333. The number of hydrogen-bond donors (Lipinski definition) is 1. The van der Waals surface area contributed by atoms with Crippen LogP contribution in [-0.4, -0.2) is 29.3 Å². The summed E-state index contributed by atoms with van der Waals surface area (Å²) in [5, 5.41) is 8.86. The Morgan fingerprint density at radius 1 is 1.53 bits per heavy atom. The SMILES string of the molecule is CC(=O)N1CCSc2sc(C(=O)O)cc21. The number of hydrogen-bond acceptors (Lipinski definition) is 4. The summed E-state index contributed by atoms with van der Waals surface area (Å²) in [7, 11) is 0. The molecule has 0 atom stereocenters. The lowest BCUT2D eigenvalue weighted by Crippen LogP contribution is -2.32. The predicted molar refractivity (Wildman–Crippen MR) is 60.0 cm³/mol. The number of aromatic carboxylic acids is 1. The summed E-state index contributed by atoms with van der Waals surface area (Å²) in [5.41, 5.74) is 0.751. The van der Waals surface area contributed by atoms with E-state index in [0.717, 1.165) is 15.6 Å². The highest BCUT2D eigenvalue weighted by Gasteiger charge is 2.24. The molecule has 2 rings (SSSR count). The number of thioether (sulfide) groups is 1. The van der Waals surface area contributed by atoms with E-state index in [1.54, 1.807) is 22.7 Å². The van der Waals surface area contributed by atoms with Gasteiger partial charge in [-0.05, 0) is 6.07 Å². The van der Waals surface area contributed by atoms with Gasteiger partial charge in [0.2, 0.25) is 5.91 Å². The average molecular weight is 243 g/mol. The molecule has 0 saturated carbocycles. The number of carboxylic acid groups (broad SMARTS) is 1. The van der Waals surface area contributed by atoms with Crippen molar-refractivity contribution in [3.05, 3.63) is 10.9 Å². The van der Waals surface area contributed by atoms with Gasteiger partial charge in [-0.2, -0.15) is 0 Å². The van der Waals surface area contributed by atoms with E-state index in [1.165, 1.54) is 18.3 Å². The first-order chi connectivity index (χ1) is 7.09. The smallest absolute Gasteiger partial charge is 0.345 e. The molecule has 1 aromatic heterocycles. The molecule has 1 N–H and O–H groups in total. The summed E-state index contributed by atoms with van der Waals surface area (Å²) in [5.74, 6) is -0.142. The van der Waals surface area contributed by atoms with E-state index >= 15 is 0 Å². The van der Waals surface area contributed by atoms with Crippen LogP contribution in [0.25, 0.3) is 0 Å². The third-order valence-electron chi connectivity index (χ3n) is 2.11. The fourth-order valence-electron chi connectivity index (χ4n) is 1.44. The molecular formula is C9H9NO3S2. The first-order valence-electron chi connectivity index (χ1n) is 4.37. The molecule has 4 nitrogen and oxygen atoms in total. The third kappa shape index (κ3) is 1.87. The van der Waals surface area contributed by atoms with Crippen LogP contribution in [0.1, 0.15) is 16.6 Å². The second-order valence-corrected chi connectivity index (χ2v) is 5.52. The van der Waals surface area contributed by atoms with Crippen molar-refractivity contribution >= 4 is 40.7 Å². The van der Waals surface area contributed by atoms with Gasteiger partial charge in [0.1, 0.15) is 4.88 Å². The van der Waals surface area contributed by atoms with E-state index in [1.807, 2.05) is 0 Å².